The molecule has 43 heavy (non-hydrogen) atoms. The molecule has 5 rings (SSSR count). The molecule has 0 amide bonds. The second kappa shape index (κ2) is 13.5. The van der Waals surface area contributed by atoms with Gasteiger partial charge in [-0.1, -0.05) is 70.9 Å². The molecule has 0 aliphatic carbocycles. The fraction of sp³-hybridized carbons (Fsp3) is 0.219. The molecule has 8 nitrogen and oxygen atoms in total. The minimum atomic E-state index is -0.804. The van der Waals surface area contributed by atoms with Crippen LogP contribution in [0.15, 0.2) is 82.2 Å². The van der Waals surface area contributed by atoms with Crippen molar-refractivity contribution >= 4 is 46.6 Å². The predicted molar refractivity (Wildman–Crippen MR) is 167 cm³/mol. The van der Waals surface area contributed by atoms with Crippen LogP contribution in [0.5, 0.6) is 17.2 Å². The molecule has 0 saturated heterocycles. The van der Waals surface area contributed by atoms with Crippen molar-refractivity contribution in [2.75, 3.05) is 20.3 Å². The van der Waals surface area contributed by atoms with E-state index in [0.29, 0.717) is 67.6 Å². The van der Waals surface area contributed by atoms with Crippen molar-refractivity contribution < 1.29 is 23.7 Å². The van der Waals surface area contributed by atoms with Crippen LogP contribution in [0.3, 0.4) is 0 Å². The van der Waals surface area contributed by atoms with Crippen LogP contribution < -0.4 is 29.1 Å². The van der Waals surface area contributed by atoms with Gasteiger partial charge in [-0.25, -0.2) is 9.79 Å². The highest BCUT2D eigenvalue weighted by Gasteiger charge is 2.31. The Morgan fingerprint density at radius 1 is 0.977 bits per heavy atom. The minimum absolute atomic E-state index is 0.207. The summed E-state index contributed by atoms with van der Waals surface area (Å²) in [5.74, 6) is 0.826. The molecule has 1 aliphatic rings. The lowest BCUT2D eigenvalue weighted by Crippen LogP contribution is -2.39. The van der Waals surface area contributed by atoms with Gasteiger partial charge in [-0.15, -0.1) is 0 Å². The molecular weight excluding hydrogens is 611 g/mol. The summed E-state index contributed by atoms with van der Waals surface area (Å²) in [6, 6.07) is 17.6. The molecule has 2 heterocycles. The molecule has 0 N–H and O–H groups in total. The average molecular weight is 640 g/mol. The van der Waals surface area contributed by atoms with E-state index in [9.17, 15) is 9.59 Å². The number of fused-ring (bicyclic) bond motifs is 1. The fourth-order valence-corrected chi connectivity index (χ4v) is 6.25. The van der Waals surface area contributed by atoms with Crippen molar-refractivity contribution in [2.24, 2.45) is 4.99 Å². The summed E-state index contributed by atoms with van der Waals surface area (Å²) < 4.78 is 24.3. The molecule has 1 aliphatic heterocycles. The number of carbonyl (C=O) groups is 1. The van der Waals surface area contributed by atoms with Gasteiger partial charge in [0.25, 0.3) is 5.56 Å². The van der Waals surface area contributed by atoms with Crippen molar-refractivity contribution in [3.63, 3.8) is 0 Å². The number of methoxy groups -OCH3 is 1. The Bertz CT molecular complexity index is 1840. The lowest BCUT2D eigenvalue weighted by Gasteiger charge is -2.23. The Labute approximate surface area is 262 Å². The predicted octanol–water partition coefficient (Wildman–Crippen LogP) is 5.70. The first-order chi connectivity index (χ1) is 20.8. The summed E-state index contributed by atoms with van der Waals surface area (Å²) in [5, 5.41) is 0.623. The first-order valence-electron chi connectivity index (χ1n) is 13.5. The molecule has 0 bridgehead atoms. The second-order valence-electron chi connectivity index (χ2n) is 9.34. The number of carbonyl (C=O) groups excluding carboxylic acids is 1. The van der Waals surface area contributed by atoms with Gasteiger partial charge in [0.15, 0.2) is 22.0 Å². The van der Waals surface area contributed by atoms with E-state index in [2.05, 4.69) is 4.99 Å². The Kier molecular flexibility index (Phi) is 9.55. The Balaban J connectivity index is 1.55. The zero-order chi connectivity index (χ0) is 30.5. The standard InChI is InChI=1S/C32H28Cl2N2O6S/c1-4-40-25-12-11-21(16-26(25)41-5-2)28-22(31(38)39-3)17-35-32-36(28)30(37)27(43-32)15-20-13-23(33)29(24(34)14-20)42-18-19-9-7-6-8-10-19/h6-17,28H,4-5,18H2,1-3H3/b27-15-/t28-/m0/s1. The van der Waals surface area contributed by atoms with E-state index in [1.165, 1.54) is 29.2 Å². The van der Waals surface area contributed by atoms with Crippen LogP contribution in [-0.2, 0) is 16.1 Å². The fourth-order valence-electron chi connectivity index (χ4n) is 4.67. The van der Waals surface area contributed by atoms with Crippen LogP contribution in [0.4, 0.5) is 0 Å². The number of rotatable bonds is 10. The summed E-state index contributed by atoms with van der Waals surface area (Å²) in [5.41, 5.74) is 2.08. The van der Waals surface area contributed by atoms with Gasteiger partial charge < -0.3 is 18.9 Å². The molecule has 0 radical (unpaired) electrons. The number of thiazole rings is 1. The van der Waals surface area contributed by atoms with E-state index in [0.717, 1.165) is 5.56 Å². The number of hydrogen-bond donors (Lipinski definition) is 0. The topological polar surface area (TPSA) is 88.4 Å². The molecule has 0 spiro atoms. The second-order valence-corrected chi connectivity index (χ2v) is 11.2. The third-order valence-electron chi connectivity index (χ3n) is 6.55. The van der Waals surface area contributed by atoms with Crippen LogP contribution in [0, 0.1) is 0 Å². The molecule has 0 fully saturated rings. The smallest absolute Gasteiger partial charge is 0.337 e. The molecule has 222 valence electrons. The average Bonchev–Trinajstić information content (AvgIpc) is 3.32. The Hall–Kier alpha value is -4.05. The van der Waals surface area contributed by atoms with Gasteiger partial charge in [-0.2, -0.15) is 0 Å². The number of aromatic nitrogens is 1. The Morgan fingerprint density at radius 2 is 1.67 bits per heavy atom. The maximum atomic E-state index is 13.9. The van der Waals surface area contributed by atoms with Gasteiger partial charge in [0, 0.05) is 6.20 Å². The molecule has 4 aromatic rings. The summed E-state index contributed by atoms with van der Waals surface area (Å²) in [6.07, 6.45) is 3.13. The van der Waals surface area contributed by atoms with E-state index >= 15 is 0 Å². The monoisotopic (exact) mass is 638 g/mol. The maximum absolute atomic E-state index is 13.9. The molecule has 3 aromatic carbocycles. The molecule has 1 atom stereocenters. The molecule has 1 aromatic heterocycles. The molecular formula is C32H28Cl2N2O6S. The van der Waals surface area contributed by atoms with Gasteiger partial charge >= 0.3 is 5.97 Å². The van der Waals surface area contributed by atoms with Crippen molar-refractivity contribution in [3.8, 4) is 17.2 Å². The lowest BCUT2D eigenvalue weighted by molar-refractivity contribution is -0.136. The molecule has 0 saturated carbocycles. The number of hydrogen-bond acceptors (Lipinski definition) is 8. The first-order valence-corrected chi connectivity index (χ1v) is 15.1. The van der Waals surface area contributed by atoms with Crippen LogP contribution in [0.1, 0.15) is 36.6 Å². The zero-order valence-electron chi connectivity index (χ0n) is 23.6. The van der Waals surface area contributed by atoms with E-state index in [-0.39, 0.29) is 11.1 Å². The maximum Gasteiger partial charge on any atom is 0.337 e. The zero-order valence-corrected chi connectivity index (χ0v) is 26.0. The highest BCUT2D eigenvalue weighted by Crippen LogP contribution is 2.36. The molecule has 11 heteroatoms. The van der Waals surface area contributed by atoms with Gasteiger partial charge in [-0.05, 0) is 60.9 Å². The molecule has 0 unspecified atom stereocenters. The van der Waals surface area contributed by atoms with Gasteiger partial charge in [0.2, 0.25) is 0 Å². The minimum Gasteiger partial charge on any atom is -0.490 e. The Morgan fingerprint density at radius 3 is 2.35 bits per heavy atom. The summed E-state index contributed by atoms with van der Waals surface area (Å²) in [7, 11) is 1.29. The van der Waals surface area contributed by atoms with E-state index in [1.54, 1.807) is 36.4 Å². The van der Waals surface area contributed by atoms with Crippen LogP contribution >= 0.6 is 34.5 Å². The van der Waals surface area contributed by atoms with Crippen molar-refractivity contribution in [2.45, 2.75) is 26.5 Å². The number of halogens is 2. The third kappa shape index (κ3) is 6.49. The highest BCUT2D eigenvalue weighted by molar-refractivity contribution is 7.07. The van der Waals surface area contributed by atoms with E-state index < -0.39 is 12.0 Å². The number of benzene rings is 3. The van der Waals surface area contributed by atoms with Crippen LogP contribution in [0.2, 0.25) is 10.0 Å². The summed E-state index contributed by atoms with van der Waals surface area (Å²) in [4.78, 5) is 31.6. The van der Waals surface area contributed by atoms with Gasteiger partial charge in [0.1, 0.15) is 6.61 Å². The summed E-state index contributed by atoms with van der Waals surface area (Å²) in [6.45, 7) is 4.91. The normalized spacial score (nSPS) is 14.4. The van der Waals surface area contributed by atoms with Crippen molar-refractivity contribution in [3.05, 3.63) is 119 Å². The number of nitrogens with zero attached hydrogens (tertiary/aromatic N) is 2. The highest BCUT2D eigenvalue weighted by atomic mass is 35.5. The quantitative estimate of drug-likeness (QED) is 0.207. The summed E-state index contributed by atoms with van der Waals surface area (Å²) >= 11 is 14.3. The number of esters is 1. The van der Waals surface area contributed by atoms with Gasteiger partial charge in [0.05, 0.1) is 46.5 Å². The van der Waals surface area contributed by atoms with Crippen molar-refractivity contribution in [1.29, 1.82) is 0 Å². The first kappa shape index (κ1) is 30.4. The van der Waals surface area contributed by atoms with Crippen LogP contribution in [-0.4, -0.2) is 30.9 Å². The van der Waals surface area contributed by atoms with Crippen LogP contribution in [0.25, 0.3) is 6.08 Å². The lowest BCUT2D eigenvalue weighted by atomic mass is 9.97. The SMILES string of the molecule is CCOc1ccc([C@H]2C(C(=O)OC)=CN=c3s/c(=C\c4cc(Cl)c(OCc5ccccc5)c(Cl)c4)c(=O)n32)cc1OCC. The third-order valence-corrected chi connectivity index (χ3v) is 8.11. The van der Waals surface area contributed by atoms with E-state index in [4.69, 9.17) is 42.1 Å². The largest absolute Gasteiger partial charge is 0.490 e. The van der Waals surface area contributed by atoms with E-state index in [1.807, 2.05) is 44.2 Å². The van der Waals surface area contributed by atoms with Gasteiger partial charge in [-0.3, -0.25) is 9.36 Å². The number of ether oxygens (including phenoxy) is 4. The van der Waals surface area contributed by atoms with Crippen molar-refractivity contribution in [1.82, 2.24) is 4.57 Å².